The predicted molar refractivity (Wildman–Crippen MR) is 97.3 cm³/mol. The van der Waals surface area contributed by atoms with Crippen LogP contribution in [0.4, 0.5) is 5.69 Å². The molecule has 0 radical (unpaired) electrons. The quantitative estimate of drug-likeness (QED) is 0.774. The van der Waals surface area contributed by atoms with Crippen molar-refractivity contribution in [2.24, 2.45) is 5.41 Å². The highest BCUT2D eigenvalue weighted by atomic mass is 16.5. The van der Waals surface area contributed by atoms with Crippen LogP contribution in [0.2, 0.25) is 0 Å². The van der Waals surface area contributed by atoms with E-state index in [0.29, 0.717) is 5.69 Å². The summed E-state index contributed by atoms with van der Waals surface area (Å²) in [5.74, 6) is -1.19. The molecule has 1 aromatic carbocycles. The lowest BCUT2D eigenvalue weighted by atomic mass is 9.82. The second kappa shape index (κ2) is 8.14. The molecular formula is C19H28N2O4. The lowest BCUT2D eigenvalue weighted by Gasteiger charge is -2.33. The molecule has 0 aliphatic heterocycles. The Hall–Kier alpha value is -2.37. The maximum atomic E-state index is 12.1. The van der Waals surface area contributed by atoms with E-state index in [1.807, 2.05) is 13.8 Å². The normalized spacial score (nSPS) is 11.6. The molecule has 0 saturated heterocycles. The minimum Gasteiger partial charge on any atom is -0.452 e. The van der Waals surface area contributed by atoms with Gasteiger partial charge in [0.2, 0.25) is 5.91 Å². The average Bonchev–Trinajstić information content (AvgIpc) is 2.41. The first-order chi connectivity index (χ1) is 11.4. The Morgan fingerprint density at radius 3 is 2.28 bits per heavy atom. The SMILES string of the molecule is CC(=O)Nc1cccc(C(=O)OCC(=O)NC(C)(C)CC(C)(C)C)c1. The maximum Gasteiger partial charge on any atom is 0.338 e. The van der Waals surface area contributed by atoms with E-state index in [2.05, 4.69) is 31.4 Å². The monoisotopic (exact) mass is 348 g/mol. The number of amides is 2. The first-order valence-corrected chi connectivity index (χ1v) is 8.24. The van der Waals surface area contributed by atoms with Gasteiger partial charge in [-0.1, -0.05) is 26.8 Å². The second-order valence-corrected chi connectivity index (χ2v) is 8.01. The molecule has 1 rings (SSSR count). The van der Waals surface area contributed by atoms with Gasteiger partial charge in [0.1, 0.15) is 0 Å². The molecular weight excluding hydrogens is 320 g/mol. The van der Waals surface area contributed by atoms with Crippen molar-refractivity contribution in [1.29, 1.82) is 0 Å². The summed E-state index contributed by atoms with van der Waals surface area (Å²) >= 11 is 0. The summed E-state index contributed by atoms with van der Waals surface area (Å²) in [4.78, 5) is 35.2. The van der Waals surface area contributed by atoms with Crippen LogP contribution in [0.1, 0.15) is 58.3 Å². The summed E-state index contributed by atoms with van der Waals surface area (Å²) in [6.07, 6.45) is 0.790. The van der Waals surface area contributed by atoms with Crippen molar-refractivity contribution >= 4 is 23.5 Å². The van der Waals surface area contributed by atoms with Gasteiger partial charge in [-0.25, -0.2) is 4.79 Å². The molecule has 0 fully saturated rings. The molecule has 1 aromatic rings. The summed E-state index contributed by atoms with van der Waals surface area (Å²) in [5, 5.41) is 5.48. The van der Waals surface area contributed by atoms with Gasteiger partial charge < -0.3 is 15.4 Å². The Morgan fingerprint density at radius 2 is 1.72 bits per heavy atom. The van der Waals surface area contributed by atoms with E-state index in [1.54, 1.807) is 18.2 Å². The van der Waals surface area contributed by atoms with Gasteiger partial charge in [0.15, 0.2) is 6.61 Å². The van der Waals surface area contributed by atoms with Crippen molar-refractivity contribution in [3.63, 3.8) is 0 Å². The van der Waals surface area contributed by atoms with Gasteiger partial charge >= 0.3 is 5.97 Å². The first kappa shape index (κ1) is 20.7. The summed E-state index contributed by atoms with van der Waals surface area (Å²) in [6, 6.07) is 6.37. The van der Waals surface area contributed by atoms with E-state index in [4.69, 9.17) is 4.74 Å². The van der Waals surface area contributed by atoms with Crippen LogP contribution in [0.15, 0.2) is 24.3 Å². The highest BCUT2D eigenvalue weighted by Crippen LogP contribution is 2.26. The summed E-state index contributed by atoms with van der Waals surface area (Å²) < 4.78 is 5.06. The number of ether oxygens (including phenoxy) is 1. The molecule has 0 heterocycles. The number of esters is 1. The molecule has 6 nitrogen and oxygen atoms in total. The van der Waals surface area contributed by atoms with E-state index < -0.39 is 11.5 Å². The molecule has 0 spiro atoms. The van der Waals surface area contributed by atoms with Crippen LogP contribution < -0.4 is 10.6 Å². The summed E-state index contributed by atoms with van der Waals surface area (Å²) in [6.45, 7) is 11.2. The van der Waals surface area contributed by atoms with Gasteiger partial charge in [-0.05, 0) is 43.9 Å². The zero-order valence-electron chi connectivity index (χ0n) is 15.9. The zero-order chi connectivity index (χ0) is 19.3. The van der Waals surface area contributed by atoms with Crippen LogP contribution in [0.3, 0.4) is 0 Å². The predicted octanol–water partition coefficient (Wildman–Crippen LogP) is 3.13. The molecule has 0 bridgehead atoms. The molecule has 0 aliphatic rings. The molecule has 0 aliphatic carbocycles. The number of benzene rings is 1. The van der Waals surface area contributed by atoms with Crippen LogP contribution in [-0.4, -0.2) is 29.9 Å². The fraction of sp³-hybridized carbons (Fsp3) is 0.526. The Bertz CT molecular complexity index is 645. The number of hydrogen-bond acceptors (Lipinski definition) is 4. The lowest BCUT2D eigenvalue weighted by molar-refractivity contribution is -0.126. The molecule has 0 atom stereocenters. The van der Waals surface area contributed by atoms with E-state index in [-0.39, 0.29) is 29.4 Å². The number of nitrogens with one attached hydrogen (secondary N) is 2. The third-order valence-corrected chi connectivity index (χ3v) is 3.20. The van der Waals surface area contributed by atoms with E-state index in [1.165, 1.54) is 13.0 Å². The minimum absolute atomic E-state index is 0.0671. The molecule has 25 heavy (non-hydrogen) atoms. The number of rotatable bonds is 6. The Labute approximate surface area is 149 Å². The zero-order valence-corrected chi connectivity index (χ0v) is 15.9. The Balaban J connectivity index is 2.58. The van der Waals surface area contributed by atoms with Crippen molar-refractivity contribution in [2.75, 3.05) is 11.9 Å². The van der Waals surface area contributed by atoms with Crippen LogP contribution in [0.25, 0.3) is 0 Å². The number of hydrogen-bond donors (Lipinski definition) is 2. The van der Waals surface area contributed by atoms with Gasteiger partial charge in [-0.2, -0.15) is 0 Å². The van der Waals surface area contributed by atoms with Crippen LogP contribution in [0.5, 0.6) is 0 Å². The minimum atomic E-state index is -0.615. The number of anilines is 1. The van der Waals surface area contributed by atoms with Gasteiger partial charge in [0.05, 0.1) is 5.56 Å². The highest BCUT2D eigenvalue weighted by Gasteiger charge is 2.27. The third-order valence-electron chi connectivity index (χ3n) is 3.20. The molecule has 2 amide bonds. The molecule has 0 aromatic heterocycles. The van der Waals surface area contributed by atoms with Gasteiger partial charge in [-0.15, -0.1) is 0 Å². The van der Waals surface area contributed by atoms with Gasteiger partial charge in [0, 0.05) is 18.2 Å². The van der Waals surface area contributed by atoms with E-state index >= 15 is 0 Å². The van der Waals surface area contributed by atoms with E-state index in [9.17, 15) is 14.4 Å². The van der Waals surface area contributed by atoms with Crippen molar-refractivity contribution in [3.8, 4) is 0 Å². The third kappa shape index (κ3) is 8.33. The standard InChI is InChI=1S/C19H28N2O4/c1-13(22)20-15-9-7-8-14(10-15)17(24)25-11-16(23)21-19(5,6)12-18(2,3)4/h7-10H,11-12H2,1-6H3,(H,20,22)(H,21,23). The first-order valence-electron chi connectivity index (χ1n) is 8.24. The number of carbonyl (C=O) groups is 3. The molecule has 2 N–H and O–H groups in total. The fourth-order valence-electron chi connectivity index (χ4n) is 2.93. The highest BCUT2D eigenvalue weighted by molar-refractivity contribution is 5.94. The average molecular weight is 348 g/mol. The summed E-state index contributed by atoms with van der Waals surface area (Å²) in [7, 11) is 0. The van der Waals surface area contributed by atoms with Gasteiger partial charge in [0.25, 0.3) is 5.91 Å². The lowest BCUT2D eigenvalue weighted by Crippen LogP contribution is -2.47. The fourth-order valence-corrected chi connectivity index (χ4v) is 2.93. The van der Waals surface area contributed by atoms with Crippen LogP contribution in [-0.2, 0) is 14.3 Å². The molecule has 6 heteroatoms. The molecule has 138 valence electrons. The Morgan fingerprint density at radius 1 is 1.08 bits per heavy atom. The van der Waals surface area contributed by atoms with Crippen molar-refractivity contribution in [2.45, 2.75) is 53.5 Å². The topological polar surface area (TPSA) is 84.5 Å². The van der Waals surface area contributed by atoms with Crippen LogP contribution in [0, 0.1) is 5.41 Å². The Kier molecular flexibility index (Phi) is 6.73. The maximum absolute atomic E-state index is 12.1. The van der Waals surface area contributed by atoms with Crippen LogP contribution >= 0.6 is 0 Å². The smallest absolute Gasteiger partial charge is 0.338 e. The largest absolute Gasteiger partial charge is 0.452 e. The summed E-state index contributed by atoms with van der Waals surface area (Å²) in [5.41, 5.74) is 0.440. The second-order valence-electron chi connectivity index (χ2n) is 8.01. The van der Waals surface area contributed by atoms with Crippen molar-refractivity contribution < 1.29 is 19.1 Å². The van der Waals surface area contributed by atoms with Gasteiger partial charge in [-0.3, -0.25) is 9.59 Å². The van der Waals surface area contributed by atoms with E-state index in [0.717, 1.165) is 6.42 Å². The molecule has 0 saturated carbocycles. The van der Waals surface area contributed by atoms with Crippen molar-refractivity contribution in [1.82, 2.24) is 5.32 Å². The number of carbonyl (C=O) groups excluding carboxylic acids is 3. The molecule has 0 unspecified atom stereocenters. The van der Waals surface area contributed by atoms with Crippen molar-refractivity contribution in [3.05, 3.63) is 29.8 Å².